The molecule has 0 bridgehead atoms. The minimum atomic E-state index is -0.329. The monoisotopic (exact) mass is 434 g/mol. The molecule has 3 aliphatic heterocycles. The normalized spacial score (nSPS) is 15.5. The van der Waals surface area contributed by atoms with Crippen molar-refractivity contribution in [1.29, 1.82) is 0 Å². The zero-order chi connectivity index (χ0) is 23.0. The van der Waals surface area contributed by atoms with Crippen LogP contribution in [0.4, 0.5) is 0 Å². The van der Waals surface area contributed by atoms with Gasteiger partial charge in [0.05, 0.1) is 0 Å². The Morgan fingerprint density at radius 2 is 0.906 bits per heavy atom. The van der Waals surface area contributed by atoms with Gasteiger partial charge >= 0.3 is 0 Å². The van der Waals surface area contributed by atoms with E-state index in [0.29, 0.717) is 0 Å². The van der Waals surface area contributed by atoms with Crippen molar-refractivity contribution in [2.24, 2.45) is 0 Å². The summed E-state index contributed by atoms with van der Waals surface area (Å²) >= 11 is 0. The fraction of sp³-hybridized carbons (Fsp3) is 0.200. The van der Waals surface area contributed by atoms with Crippen molar-refractivity contribution in [3.05, 3.63) is 96.1 Å². The Bertz CT molecular complexity index is 836. The van der Waals surface area contributed by atoms with Gasteiger partial charge < -0.3 is 4.74 Å². The molecule has 7 heteroatoms. The number of imide groups is 2. The van der Waals surface area contributed by atoms with Crippen LogP contribution in [0.15, 0.2) is 85.0 Å². The van der Waals surface area contributed by atoms with Crippen LogP contribution in [0.2, 0.25) is 0 Å². The number of carbonyl (C=O) groups is 4. The van der Waals surface area contributed by atoms with Gasteiger partial charge in [-0.3, -0.25) is 29.8 Å². The van der Waals surface area contributed by atoms with Crippen LogP contribution in [-0.2, 0) is 30.3 Å². The van der Waals surface area contributed by atoms with Gasteiger partial charge in [-0.25, -0.2) is 0 Å². The van der Waals surface area contributed by atoms with Gasteiger partial charge in [-0.1, -0.05) is 60.7 Å². The number of amides is 4. The highest BCUT2D eigenvalue weighted by Crippen LogP contribution is 2.07. The maximum absolute atomic E-state index is 10.0. The zero-order valence-corrected chi connectivity index (χ0v) is 17.7. The lowest BCUT2D eigenvalue weighted by molar-refractivity contribution is -0.125. The molecular weight excluding hydrogens is 408 g/mol. The first-order chi connectivity index (χ1) is 15.5. The van der Waals surface area contributed by atoms with E-state index in [0.717, 1.165) is 19.6 Å². The first-order valence-corrected chi connectivity index (χ1v) is 10.2. The molecule has 0 atom stereocenters. The SMILES string of the molecule is C1CCOC1.O=C1C=CC(=O)N1.O=C1C=CC(=O)N1.c1ccc(Cc2ccccc2)cc1. The predicted octanol–water partition coefficient (Wildman–Crippen LogP) is 2.47. The van der Waals surface area contributed by atoms with E-state index in [2.05, 4.69) is 60.7 Å². The van der Waals surface area contributed by atoms with Crippen LogP contribution in [0, 0.1) is 0 Å². The Balaban J connectivity index is 0.000000163. The highest BCUT2D eigenvalue weighted by atomic mass is 16.5. The fourth-order valence-electron chi connectivity index (χ4n) is 2.65. The topological polar surface area (TPSA) is 102 Å². The van der Waals surface area contributed by atoms with Gasteiger partial charge in [0.2, 0.25) is 0 Å². The Morgan fingerprint density at radius 3 is 1.12 bits per heavy atom. The maximum Gasteiger partial charge on any atom is 0.250 e. The summed E-state index contributed by atoms with van der Waals surface area (Å²) in [5, 5.41) is 4.06. The minimum Gasteiger partial charge on any atom is -0.381 e. The van der Waals surface area contributed by atoms with Crippen molar-refractivity contribution in [1.82, 2.24) is 10.6 Å². The molecule has 0 aliphatic carbocycles. The molecule has 0 saturated carbocycles. The highest BCUT2D eigenvalue weighted by molar-refractivity contribution is 6.13. The van der Waals surface area contributed by atoms with Crippen molar-refractivity contribution in [2.75, 3.05) is 13.2 Å². The van der Waals surface area contributed by atoms with Gasteiger partial charge in [0.15, 0.2) is 0 Å². The number of nitrogens with one attached hydrogen (secondary N) is 2. The lowest BCUT2D eigenvalue weighted by atomic mass is 10.1. The lowest BCUT2D eigenvalue weighted by Crippen LogP contribution is -2.19. The standard InChI is InChI=1S/C13H12.2C4H3NO2.C4H8O/c1-3-7-12(8-4-1)11-13-9-5-2-6-10-13;2*6-3-1-2-4(7)5-3;1-2-4-5-3-1/h1-10H,11H2;2*1-2H,(H,5,6,7);1-4H2. The predicted molar refractivity (Wildman–Crippen MR) is 120 cm³/mol. The van der Waals surface area contributed by atoms with Crippen molar-refractivity contribution in [2.45, 2.75) is 19.3 Å². The van der Waals surface area contributed by atoms with Crippen LogP contribution in [-0.4, -0.2) is 36.8 Å². The second-order valence-corrected chi connectivity index (χ2v) is 6.84. The van der Waals surface area contributed by atoms with Crippen molar-refractivity contribution >= 4 is 23.6 Å². The molecule has 1 fully saturated rings. The number of carbonyl (C=O) groups excluding carboxylic acids is 4. The van der Waals surface area contributed by atoms with Crippen LogP contribution in [0.5, 0.6) is 0 Å². The average Bonchev–Trinajstić information content (AvgIpc) is 3.56. The molecule has 0 aromatic heterocycles. The average molecular weight is 434 g/mol. The molecule has 5 rings (SSSR count). The molecule has 2 N–H and O–H groups in total. The van der Waals surface area contributed by atoms with E-state index in [1.54, 1.807) is 0 Å². The van der Waals surface area contributed by atoms with Crippen LogP contribution < -0.4 is 10.6 Å². The van der Waals surface area contributed by atoms with E-state index in [-0.39, 0.29) is 23.6 Å². The number of ether oxygens (including phenoxy) is 1. The van der Waals surface area contributed by atoms with Gasteiger partial charge in [-0.05, 0) is 30.4 Å². The quantitative estimate of drug-likeness (QED) is 0.707. The van der Waals surface area contributed by atoms with E-state index < -0.39 is 0 Å². The van der Waals surface area contributed by atoms with E-state index in [9.17, 15) is 19.2 Å². The molecule has 7 nitrogen and oxygen atoms in total. The third-order valence-electron chi connectivity index (χ3n) is 4.19. The first kappa shape index (κ1) is 24.4. The van der Waals surface area contributed by atoms with E-state index in [1.165, 1.54) is 48.3 Å². The first-order valence-electron chi connectivity index (χ1n) is 10.2. The largest absolute Gasteiger partial charge is 0.381 e. The molecule has 2 aromatic carbocycles. The Hall–Kier alpha value is -3.84. The summed E-state index contributed by atoms with van der Waals surface area (Å²) in [5.74, 6) is -1.31. The van der Waals surface area contributed by atoms with Crippen molar-refractivity contribution in [3.8, 4) is 0 Å². The minimum absolute atomic E-state index is 0.329. The second kappa shape index (κ2) is 14.2. The summed E-state index contributed by atoms with van der Waals surface area (Å²) in [6.07, 6.45) is 8.37. The van der Waals surface area contributed by atoms with Gasteiger partial charge in [0.25, 0.3) is 23.6 Å². The van der Waals surface area contributed by atoms with Crippen LogP contribution in [0.25, 0.3) is 0 Å². The molecular formula is C25H26N2O5. The van der Waals surface area contributed by atoms with Gasteiger partial charge in [-0.15, -0.1) is 0 Å². The van der Waals surface area contributed by atoms with Crippen molar-refractivity contribution < 1.29 is 23.9 Å². The molecule has 1 saturated heterocycles. The molecule has 0 unspecified atom stereocenters. The van der Waals surface area contributed by atoms with E-state index >= 15 is 0 Å². The molecule has 0 radical (unpaired) electrons. The highest BCUT2D eigenvalue weighted by Gasteiger charge is 2.07. The third-order valence-corrected chi connectivity index (χ3v) is 4.19. The second-order valence-electron chi connectivity index (χ2n) is 6.84. The Morgan fingerprint density at radius 1 is 0.562 bits per heavy atom. The lowest BCUT2D eigenvalue weighted by Gasteiger charge is -2.00. The molecule has 2 aromatic rings. The third kappa shape index (κ3) is 10.8. The zero-order valence-electron chi connectivity index (χ0n) is 17.7. The van der Waals surface area contributed by atoms with E-state index in [4.69, 9.17) is 4.74 Å². The van der Waals surface area contributed by atoms with Crippen LogP contribution >= 0.6 is 0 Å². The Labute approximate surface area is 187 Å². The number of rotatable bonds is 2. The fourth-order valence-corrected chi connectivity index (χ4v) is 2.65. The summed E-state index contributed by atoms with van der Waals surface area (Å²) in [6.45, 7) is 2.00. The Kier molecular flexibility index (Phi) is 10.9. The molecule has 166 valence electrons. The number of hydrogen-bond acceptors (Lipinski definition) is 5. The molecule has 0 spiro atoms. The molecule has 3 heterocycles. The van der Waals surface area contributed by atoms with Crippen molar-refractivity contribution in [3.63, 3.8) is 0 Å². The number of benzene rings is 2. The van der Waals surface area contributed by atoms with Crippen LogP contribution in [0.3, 0.4) is 0 Å². The summed E-state index contributed by atoms with van der Waals surface area (Å²) < 4.78 is 4.94. The summed E-state index contributed by atoms with van der Waals surface area (Å²) in [4.78, 5) is 40.1. The van der Waals surface area contributed by atoms with Gasteiger partial charge in [-0.2, -0.15) is 0 Å². The number of hydrogen-bond donors (Lipinski definition) is 2. The van der Waals surface area contributed by atoms with E-state index in [1.807, 2.05) is 10.6 Å². The van der Waals surface area contributed by atoms with Gasteiger partial charge in [0.1, 0.15) is 0 Å². The van der Waals surface area contributed by atoms with Gasteiger partial charge in [0, 0.05) is 37.5 Å². The smallest absolute Gasteiger partial charge is 0.250 e. The molecule has 3 aliphatic rings. The summed E-state index contributed by atoms with van der Waals surface area (Å²) in [5.41, 5.74) is 2.74. The van der Waals surface area contributed by atoms with Crippen LogP contribution in [0.1, 0.15) is 24.0 Å². The summed E-state index contributed by atoms with van der Waals surface area (Å²) in [7, 11) is 0. The maximum atomic E-state index is 10.0. The molecule has 4 amide bonds. The molecule has 32 heavy (non-hydrogen) atoms. The summed E-state index contributed by atoms with van der Waals surface area (Å²) in [6, 6.07) is 21.1.